The van der Waals surface area contributed by atoms with Crippen molar-refractivity contribution in [2.24, 2.45) is 7.05 Å². The van der Waals surface area contributed by atoms with Crippen molar-refractivity contribution in [3.8, 4) is 0 Å². The van der Waals surface area contributed by atoms with Gasteiger partial charge in [0.2, 0.25) is 0 Å². The molecule has 1 aromatic heterocycles. The Labute approximate surface area is 97.1 Å². The Bertz CT molecular complexity index is 492. The first kappa shape index (κ1) is 11.1. The largest absolute Gasteiger partial charge is 0.382 e. The topological polar surface area (TPSA) is 38.0 Å². The molecule has 5 heteroatoms. The van der Waals surface area contributed by atoms with Gasteiger partial charge in [-0.3, -0.25) is 4.68 Å². The van der Waals surface area contributed by atoms with Gasteiger partial charge in [0, 0.05) is 18.3 Å². The molecular formula is C11H10ClFN2O. The van der Waals surface area contributed by atoms with Crippen LogP contribution in [-0.2, 0) is 7.05 Å². The maximum Gasteiger partial charge on any atom is 0.125 e. The molecule has 0 aliphatic carbocycles. The van der Waals surface area contributed by atoms with Gasteiger partial charge in [-0.05, 0) is 29.8 Å². The van der Waals surface area contributed by atoms with Crippen LogP contribution in [0.4, 0.5) is 4.39 Å². The normalized spacial score (nSPS) is 12.8. The van der Waals surface area contributed by atoms with Gasteiger partial charge in [0.25, 0.3) is 0 Å². The number of nitrogens with zero attached hydrogens (tertiary/aromatic N) is 2. The van der Waals surface area contributed by atoms with Crippen molar-refractivity contribution >= 4 is 11.6 Å². The third-order valence-corrected chi connectivity index (χ3v) is 2.43. The van der Waals surface area contributed by atoms with E-state index in [0.29, 0.717) is 11.3 Å². The summed E-state index contributed by atoms with van der Waals surface area (Å²) >= 11 is 5.71. The van der Waals surface area contributed by atoms with Gasteiger partial charge in [0.15, 0.2) is 0 Å². The monoisotopic (exact) mass is 240 g/mol. The minimum Gasteiger partial charge on any atom is -0.382 e. The molecule has 16 heavy (non-hydrogen) atoms. The number of aliphatic hydroxyl groups is 1. The quantitative estimate of drug-likeness (QED) is 0.875. The molecule has 0 bridgehead atoms. The minimum atomic E-state index is -0.964. The van der Waals surface area contributed by atoms with Crippen LogP contribution < -0.4 is 0 Å². The van der Waals surface area contributed by atoms with Gasteiger partial charge in [-0.25, -0.2) is 4.39 Å². The van der Waals surface area contributed by atoms with E-state index in [4.69, 9.17) is 11.6 Å². The van der Waals surface area contributed by atoms with E-state index in [1.165, 1.54) is 18.2 Å². The summed E-state index contributed by atoms with van der Waals surface area (Å²) in [7, 11) is 1.74. The molecule has 2 rings (SSSR count). The van der Waals surface area contributed by atoms with Crippen molar-refractivity contribution in [1.82, 2.24) is 9.78 Å². The highest BCUT2D eigenvalue weighted by molar-refractivity contribution is 6.30. The molecule has 0 radical (unpaired) electrons. The van der Waals surface area contributed by atoms with Crippen molar-refractivity contribution in [1.29, 1.82) is 0 Å². The van der Waals surface area contributed by atoms with E-state index in [2.05, 4.69) is 5.10 Å². The average Bonchev–Trinajstić information content (AvgIpc) is 2.62. The van der Waals surface area contributed by atoms with E-state index in [9.17, 15) is 9.50 Å². The Morgan fingerprint density at radius 1 is 1.44 bits per heavy atom. The highest BCUT2D eigenvalue weighted by atomic mass is 35.5. The van der Waals surface area contributed by atoms with Crippen molar-refractivity contribution in [3.05, 3.63) is 52.6 Å². The molecule has 0 amide bonds. The lowest BCUT2D eigenvalue weighted by atomic mass is 10.1. The van der Waals surface area contributed by atoms with Gasteiger partial charge < -0.3 is 5.11 Å². The zero-order valence-electron chi connectivity index (χ0n) is 8.56. The highest BCUT2D eigenvalue weighted by Gasteiger charge is 2.14. The predicted molar refractivity (Wildman–Crippen MR) is 58.7 cm³/mol. The molecule has 3 nitrogen and oxygen atoms in total. The van der Waals surface area contributed by atoms with Crippen LogP contribution in [0.15, 0.2) is 30.5 Å². The minimum absolute atomic E-state index is 0.255. The zero-order chi connectivity index (χ0) is 11.7. The van der Waals surface area contributed by atoms with Gasteiger partial charge in [-0.2, -0.15) is 5.10 Å². The molecule has 84 valence electrons. The van der Waals surface area contributed by atoms with Crippen LogP contribution in [0.5, 0.6) is 0 Å². The average molecular weight is 241 g/mol. The maximum absolute atomic E-state index is 13.1. The lowest BCUT2D eigenvalue weighted by molar-refractivity contribution is 0.214. The fourth-order valence-corrected chi connectivity index (χ4v) is 1.71. The Kier molecular flexibility index (Phi) is 2.94. The van der Waals surface area contributed by atoms with Crippen LogP contribution in [0.3, 0.4) is 0 Å². The molecule has 1 heterocycles. The molecule has 2 aromatic rings. The number of hydrogen-bond acceptors (Lipinski definition) is 2. The summed E-state index contributed by atoms with van der Waals surface area (Å²) in [5, 5.41) is 14.3. The number of aliphatic hydroxyl groups excluding tert-OH is 1. The van der Waals surface area contributed by atoms with E-state index in [1.807, 2.05) is 0 Å². The summed E-state index contributed by atoms with van der Waals surface area (Å²) in [4.78, 5) is 0. The highest BCUT2D eigenvalue weighted by Crippen LogP contribution is 2.24. The van der Waals surface area contributed by atoms with Gasteiger partial charge in [0.05, 0.1) is 5.69 Å². The second kappa shape index (κ2) is 4.23. The number of benzene rings is 1. The SMILES string of the molecule is Cn1ccc(C(O)c2cc(F)cc(Cl)c2)n1. The maximum atomic E-state index is 13.1. The van der Waals surface area contributed by atoms with E-state index >= 15 is 0 Å². The predicted octanol–water partition coefficient (Wildman–Crippen LogP) is 2.29. The first-order valence-corrected chi connectivity index (χ1v) is 5.07. The molecular weight excluding hydrogens is 231 g/mol. The van der Waals surface area contributed by atoms with E-state index in [-0.39, 0.29) is 5.02 Å². The lowest BCUT2D eigenvalue weighted by Gasteiger charge is -2.08. The first-order chi connectivity index (χ1) is 7.56. The number of rotatable bonds is 2. The van der Waals surface area contributed by atoms with Crippen LogP contribution in [0.1, 0.15) is 17.4 Å². The smallest absolute Gasteiger partial charge is 0.125 e. The summed E-state index contributed by atoms with van der Waals surface area (Å²) in [6.45, 7) is 0. The fraction of sp³-hybridized carbons (Fsp3) is 0.182. The van der Waals surface area contributed by atoms with Gasteiger partial charge in [-0.15, -0.1) is 0 Å². The summed E-state index contributed by atoms with van der Waals surface area (Å²) in [6.07, 6.45) is 0.744. The number of aryl methyl sites for hydroxylation is 1. The molecule has 1 atom stereocenters. The molecule has 0 fully saturated rings. The summed E-state index contributed by atoms with van der Waals surface area (Å²) in [6, 6.07) is 5.62. The third-order valence-electron chi connectivity index (χ3n) is 2.22. The van der Waals surface area contributed by atoms with Gasteiger partial charge in [0.1, 0.15) is 11.9 Å². The lowest BCUT2D eigenvalue weighted by Crippen LogP contribution is -2.02. The fourth-order valence-electron chi connectivity index (χ4n) is 1.48. The van der Waals surface area contributed by atoms with E-state index < -0.39 is 11.9 Å². The summed E-state index contributed by atoms with van der Waals surface area (Å²) in [5.74, 6) is -0.475. The molecule has 0 aliphatic rings. The van der Waals surface area contributed by atoms with Gasteiger partial charge in [-0.1, -0.05) is 11.6 Å². The van der Waals surface area contributed by atoms with Gasteiger partial charge >= 0.3 is 0 Å². The Morgan fingerprint density at radius 2 is 2.19 bits per heavy atom. The summed E-state index contributed by atoms with van der Waals surface area (Å²) < 4.78 is 14.7. The van der Waals surface area contributed by atoms with E-state index in [1.54, 1.807) is 24.0 Å². The molecule has 0 spiro atoms. The van der Waals surface area contributed by atoms with Crippen LogP contribution in [0.25, 0.3) is 0 Å². The summed E-state index contributed by atoms with van der Waals surface area (Å²) in [5.41, 5.74) is 0.855. The van der Waals surface area contributed by atoms with Crippen molar-refractivity contribution in [2.45, 2.75) is 6.10 Å². The molecule has 1 unspecified atom stereocenters. The Balaban J connectivity index is 2.37. The number of hydrogen-bond donors (Lipinski definition) is 1. The molecule has 1 N–H and O–H groups in total. The molecule has 1 aromatic carbocycles. The number of aromatic nitrogens is 2. The Morgan fingerprint density at radius 3 is 2.75 bits per heavy atom. The first-order valence-electron chi connectivity index (χ1n) is 4.70. The van der Waals surface area contributed by atoms with E-state index in [0.717, 1.165) is 0 Å². The zero-order valence-corrected chi connectivity index (χ0v) is 9.32. The van der Waals surface area contributed by atoms with Crippen molar-refractivity contribution < 1.29 is 9.50 Å². The third kappa shape index (κ3) is 2.23. The Hall–Kier alpha value is -1.39. The molecule has 0 saturated heterocycles. The van der Waals surface area contributed by atoms with Crippen LogP contribution in [0, 0.1) is 5.82 Å². The van der Waals surface area contributed by atoms with Crippen LogP contribution in [0.2, 0.25) is 5.02 Å². The van der Waals surface area contributed by atoms with Crippen molar-refractivity contribution in [2.75, 3.05) is 0 Å². The number of halogens is 2. The van der Waals surface area contributed by atoms with Crippen molar-refractivity contribution in [3.63, 3.8) is 0 Å². The molecule has 0 saturated carbocycles. The van der Waals surface area contributed by atoms with Crippen LogP contribution in [-0.4, -0.2) is 14.9 Å². The molecule has 0 aliphatic heterocycles. The second-order valence-corrected chi connectivity index (χ2v) is 3.96. The standard InChI is InChI=1S/C11H10ClFN2O/c1-15-3-2-10(14-15)11(16)7-4-8(12)6-9(13)5-7/h2-6,11,16H,1H3. The van der Waals surface area contributed by atoms with Crippen LogP contribution >= 0.6 is 11.6 Å². The second-order valence-electron chi connectivity index (χ2n) is 3.52.